The van der Waals surface area contributed by atoms with E-state index in [1.165, 1.54) is 20.1 Å². The SMILES string of the molecule is COc1c(C(=O)O)ccc2[nH]nc(C=Cc3ccc(CNC(C)=O)cc3)c12. The van der Waals surface area contributed by atoms with Gasteiger partial charge in [-0.05, 0) is 29.3 Å². The lowest BCUT2D eigenvalue weighted by Gasteiger charge is -2.06. The number of aromatic amines is 1. The van der Waals surface area contributed by atoms with Gasteiger partial charge in [-0.2, -0.15) is 5.10 Å². The maximum atomic E-state index is 11.4. The van der Waals surface area contributed by atoms with E-state index in [4.69, 9.17) is 4.74 Å². The predicted molar refractivity (Wildman–Crippen MR) is 102 cm³/mol. The topological polar surface area (TPSA) is 104 Å². The Kier molecular flexibility index (Phi) is 5.21. The molecule has 7 nitrogen and oxygen atoms in total. The molecule has 0 aliphatic heterocycles. The molecule has 0 unspecified atom stereocenters. The van der Waals surface area contributed by atoms with Crippen molar-refractivity contribution in [3.8, 4) is 5.75 Å². The summed E-state index contributed by atoms with van der Waals surface area (Å²) in [4.78, 5) is 22.4. The van der Waals surface area contributed by atoms with Gasteiger partial charge in [-0.3, -0.25) is 9.89 Å². The fourth-order valence-electron chi connectivity index (χ4n) is 2.76. The van der Waals surface area contributed by atoms with E-state index >= 15 is 0 Å². The molecule has 1 aromatic heterocycles. The quantitative estimate of drug-likeness (QED) is 0.623. The molecular formula is C20H19N3O4. The summed E-state index contributed by atoms with van der Waals surface area (Å²) in [6, 6.07) is 10.9. The first-order valence-corrected chi connectivity index (χ1v) is 8.29. The fraction of sp³-hybridized carbons (Fsp3) is 0.150. The molecule has 1 heterocycles. The number of benzene rings is 2. The molecule has 0 atom stereocenters. The highest BCUT2D eigenvalue weighted by Gasteiger charge is 2.17. The number of aromatic nitrogens is 2. The molecule has 3 rings (SSSR count). The summed E-state index contributed by atoms with van der Waals surface area (Å²) in [5.41, 5.74) is 3.32. The second-order valence-corrected chi connectivity index (χ2v) is 5.97. The van der Waals surface area contributed by atoms with Crippen LogP contribution < -0.4 is 10.1 Å². The molecule has 1 amide bonds. The van der Waals surface area contributed by atoms with Crippen LogP contribution in [0.5, 0.6) is 5.75 Å². The van der Waals surface area contributed by atoms with Gasteiger partial charge in [-0.1, -0.05) is 30.3 Å². The summed E-state index contributed by atoms with van der Waals surface area (Å²) in [7, 11) is 1.44. The van der Waals surface area contributed by atoms with Gasteiger partial charge in [0.25, 0.3) is 0 Å². The molecule has 138 valence electrons. The van der Waals surface area contributed by atoms with E-state index in [0.29, 0.717) is 23.1 Å². The number of hydrogen-bond acceptors (Lipinski definition) is 4. The molecule has 3 aromatic rings. The third-order valence-corrected chi connectivity index (χ3v) is 4.10. The van der Waals surface area contributed by atoms with Crippen molar-refractivity contribution in [1.82, 2.24) is 15.5 Å². The number of carboxylic acid groups (broad SMARTS) is 1. The molecule has 0 spiro atoms. The van der Waals surface area contributed by atoms with Gasteiger partial charge < -0.3 is 15.2 Å². The van der Waals surface area contributed by atoms with Gasteiger partial charge in [0.05, 0.1) is 23.7 Å². The maximum Gasteiger partial charge on any atom is 0.339 e. The molecule has 0 saturated carbocycles. The van der Waals surface area contributed by atoms with E-state index in [1.807, 2.05) is 30.3 Å². The Morgan fingerprint density at radius 2 is 1.93 bits per heavy atom. The van der Waals surface area contributed by atoms with Crippen molar-refractivity contribution < 1.29 is 19.4 Å². The third kappa shape index (κ3) is 3.98. The Balaban J connectivity index is 1.89. The molecule has 0 aliphatic carbocycles. The molecule has 0 saturated heterocycles. The Hall–Kier alpha value is -3.61. The molecule has 3 N–H and O–H groups in total. The average molecular weight is 365 g/mol. The second kappa shape index (κ2) is 7.74. The molecule has 0 fully saturated rings. The summed E-state index contributed by atoms with van der Waals surface area (Å²) in [6.07, 6.45) is 3.68. The largest absolute Gasteiger partial charge is 0.495 e. The lowest BCUT2D eigenvalue weighted by molar-refractivity contribution is -0.119. The van der Waals surface area contributed by atoms with E-state index in [9.17, 15) is 14.7 Å². The molecule has 7 heteroatoms. The summed E-state index contributed by atoms with van der Waals surface area (Å²) >= 11 is 0. The maximum absolute atomic E-state index is 11.4. The monoisotopic (exact) mass is 365 g/mol. The zero-order valence-electron chi connectivity index (χ0n) is 14.9. The number of carbonyl (C=O) groups excluding carboxylic acids is 1. The predicted octanol–water partition coefficient (Wildman–Crippen LogP) is 3.08. The van der Waals surface area contributed by atoms with Crippen molar-refractivity contribution in [1.29, 1.82) is 0 Å². The van der Waals surface area contributed by atoms with Gasteiger partial charge >= 0.3 is 5.97 Å². The van der Waals surface area contributed by atoms with Crippen LogP contribution in [0, 0.1) is 0 Å². The molecular weight excluding hydrogens is 346 g/mol. The first kappa shape index (κ1) is 18.2. The van der Waals surface area contributed by atoms with Gasteiger partial charge in [0, 0.05) is 13.5 Å². The molecule has 0 radical (unpaired) electrons. The molecule has 27 heavy (non-hydrogen) atoms. The number of aromatic carboxylic acids is 1. The van der Waals surface area contributed by atoms with Crippen molar-refractivity contribution in [2.45, 2.75) is 13.5 Å². The van der Waals surface area contributed by atoms with Crippen molar-refractivity contribution in [3.63, 3.8) is 0 Å². The number of methoxy groups -OCH3 is 1. The number of fused-ring (bicyclic) bond motifs is 1. The highest BCUT2D eigenvalue weighted by molar-refractivity contribution is 6.02. The number of nitrogens with zero attached hydrogens (tertiary/aromatic N) is 1. The van der Waals surface area contributed by atoms with Crippen molar-refractivity contribution in [2.24, 2.45) is 0 Å². The van der Waals surface area contributed by atoms with Gasteiger partial charge in [-0.15, -0.1) is 0 Å². The van der Waals surface area contributed by atoms with Crippen LogP contribution >= 0.6 is 0 Å². The number of carboxylic acids is 1. The summed E-state index contributed by atoms with van der Waals surface area (Å²) in [5, 5.41) is 19.9. The number of amides is 1. The number of rotatable bonds is 6. The molecule has 0 bridgehead atoms. The van der Waals surface area contributed by atoms with E-state index in [-0.39, 0.29) is 17.2 Å². The minimum absolute atomic E-state index is 0.0703. The van der Waals surface area contributed by atoms with Gasteiger partial charge in [0.15, 0.2) is 0 Å². The van der Waals surface area contributed by atoms with Gasteiger partial charge in [-0.25, -0.2) is 4.79 Å². The number of H-pyrrole nitrogens is 1. The Morgan fingerprint density at radius 1 is 1.19 bits per heavy atom. The summed E-state index contributed by atoms with van der Waals surface area (Å²) in [5.74, 6) is -0.849. The first-order chi connectivity index (χ1) is 13.0. The highest BCUT2D eigenvalue weighted by atomic mass is 16.5. The lowest BCUT2D eigenvalue weighted by atomic mass is 10.1. The van der Waals surface area contributed by atoms with E-state index in [0.717, 1.165) is 11.1 Å². The standard InChI is InChI=1S/C20H19N3O4/c1-12(24)21-11-14-5-3-13(4-6-14)7-9-16-18-17(23-22-16)10-8-15(20(25)26)19(18)27-2/h3-10H,11H2,1-2H3,(H,21,24)(H,22,23)(H,25,26). The number of carbonyl (C=O) groups is 2. The van der Waals surface area contributed by atoms with Gasteiger partial charge in [0.2, 0.25) is 5.91 Å². The van der Waals surface area contributed by atoms with Crippen molar-refractivity contribution >= 4 is 34.9 Å². The summed E-state index contributed by atoms with van der Waals surface area (Å²) < 4.78 is 5.32. The number of hydrogen-bond donors (Lipinski definition) is 3. The van der Waals surface area contributed by atoms with Gasteiger partial charge in [0.1, 0.15) is 11.3 Å². The van der Waals surface area contributed by atoms with Crippen molar-refractivity contribution in [2.75, 3.05) is 7.11 Å². The number of ether oxygens (including phenoxy) is 1. The normalized spacial score (nSPS) is 11.0. The molecule has 2 aromatic carbocycles. The minimum Gasteiger partial charge on any atom is -0.495 e. The van der Waals surface area contributed by atoms with Crippen LogP contribution in [-0.4, -0.2) is 34.3 Å². The van der Waals surface area contributed by atoms with Crippen molar-refractivity contribution in [3.05, 3.63) is 58.8 Å². The third-order valence-electron chi connectivity index (χ3n) is 4.10. The van der Waals surface area contributed by atoms with Crippen LogP contribution in [0.3, 0.4) is 0 Å². The molecule has 0 aliphatic rings. The van der Waals surface area contributed by atoms with Crippen LogP contribution in [0.2, 0.25) is 0 Å². The zero-order chi connectivity index (χ0) is 19.4. The van der Waals surface area contributed by atoms with E-state index in [1.54, 1.807) is 12.1 Å². The van der Waals surface area contributed by atoms with Crippen LogP contribution in [0.4, 0.5) is 0 Å². The van der Waals surface area contributed by atoms with Crippen LogP contribution in [0.25, 0.3) is 23.1 Å². The van der Waals surface area contributed by atoms with Crippen LogP contribution in [0.15, 0.2) is 36.4 Å². The minimum atomic E-state index is -1.06. The van der Waals surface area contributed by atoms with E-state index < -0.39 is 5.97 Å². The first-order valence-electron chi connectivity index (χ1n) is 8.29. The lowest BCUT2D eigenvalue weighted by Crippen LogP contribution is -2.18. The highest BCUT2D eigenvalue weighted by Crippen LogP contribution is 2.32. The number of nitrogens with one attached hydrogen (secondary N) is 2. The smallest absolute Gasteiger partial charge is 0.339 e. The summed E-state index contributed by atoms with van der Waals surface area (Å²) in [6.45, 7) is 1.97. The Bertz CT molecular complexity index is 1020. The average Bonchev–Trinajstić information content (AvgIpc) is 3.07. The van der Waals surface area contributed by atoms with Crippen LogP contribution in [-0.2, 0) is 11.3 Å². The second-order valence-electron chi connectivity index (χ2n) is 5.97. The Morgan fingerprint density at radius 3 is 2.56 bits per heavy atom. The van der Waals surface area contributed by atoms with E-state index in [2.05, 4.69) is 15.5 Å². The zero-order valence-corrected chi connectivity index (χ0v) is 14.9. The Labute approximate surface area is 155 Å². The fourth-order valence-corrected chi connectivity index (χ4v) is 2.76. The van der Waals surface area contributed by atoms with Crippen LogP contribution in [0.1, 0.15) is 34.1 Å².